The van der Waals surface area contributed by atoms with Crippen molar-refractivity contribution in [1.29, 1.82) is 0 Å². The largest absolute Gasteiger partial charge is 0.369 e. The second kappa shape index (κ2) is 8.35. The van der Waals surface area contributed by atoms with E-state index in [2.05, 4.69) is 15.1 Å². The Bertz CT molecular complexity index is 907. The first-order chi connectivity index (χ1) is 14.5. The molecule has 1 aromatic rings. The number of anilines is 1. The third kappa shape index (κ3) is 3.72. The highest BCUT2D eigenvalue weighted by molar-refractivity contribution is 6.23. The summed E-state index contributed by atoms with van der Waals surface area (Å²) in [7, 11) is 0. The van der Waals surface area contributed by atoms with Crippen molar-refractivity contribution in [3.63, 3.8) is 0 Å². The van der Waals surface area contributed by atoms with Crippen LogP contribution in [0.1, 0.15) is 46.4 Å². The van der Waals surface area contributed by atoms with Gasteiger partial charge in [-0.05, 0) is 37.6 Å². The number of rotatable bonds is 6. The summed E-state index contributed by atoms with van der Waals surface area (Å²) in [5, 5.41) is 2.20. The van der Waals surface area contributed by atoms with Gasteiger partial charge in [-0.3, -0.25) is 34.3 Å². The first-order valence-electron chi connectivity index (χ1n) is 10.3. The summed E-state index contributed by atoms with van der Waals surface area (Å²) in [6.45, 7) is 4.21. The van der Waals surface area contributed by atoms with E-state index in [0.717, 1.165) is 56.0 Å². The standard InChI is InChI=1S/C21H24N4O5/c26-12-2-1-7-23-8-10-24(11-9-23)14-3-4-15-16(13-14)21(30)25(20(15)29)17-5-6-18(27)22-19(17)28/h3-4,12-13,17H,1-2,5-11H2,(H,22,27,28). The van der Waals surface area contributed by atoms with Crippen molar-refractivity contribution in [2.24, 2.45) is 0 Å². The van der Waals surface area contributed by atoms with E-state index in [0.29, 0.717) is 17.5 Å². The zero-order valence-electron chi connectivity index (χ0n) is 16.6. The predicted octanol–water partition coefficient (Wildman–Crippen LogP) is 0.189. The smallest absolute Gasteiger partial charge is 0.262 e. The summed E-state index contributed by atoms with van der Waals surface area (Å²) in [5.74, 6) is -1.97. The Labute approximate surface area is 174 Å². The number of hydrogen-bond donors (Lipinski definition) is 1. The maximum absolute atomic E-state index is 13.0. The predicted molar refractivity (Wildman–Crippen MR) is 107 cm³/mol. The fraction of sp³-hybridized carbons (Fsp3) is 0.476. The zero-order chi connectivity index (χ0) is 21.3. The number of benzene rings is 1. The van der Waals surface area contributed by atoms with Gasteiger partial charge in [0.15, 0.2) is 0 Å². The van der Waals surface area contributed by atoms with Crippen LogP contribution in [0.25, 0.3) is 0 Å². The van der Waals surface area contributed by atoms with Gasteiger partial charge in [-0.15, -0.1) is 0 Å². The van der Waals surface area contributed by atoms with Crippen LogP contribution in [0, 0.1) is 0 Å². The summed E-state index contributed by atoms with van der Waals surface area (Å²) in [5.41, 5.74) is 1.46. The van der Waals surface area contributed by atoms with Gasteiger partial charge in [0.2, 0.25) is 11.8 Å². The van der Waals surface area contributed by atoms with Gasteiger partial charge in [-0.1, -0.05) is 0 Å². The SMILES string of the molecule is O=CCCCN1CCN(c2ccc3c(c2)C(=O)N(C2CCC(=O)NC2=O)C3=O)CC1. The van der Waals surface area contributed by atoms with Gasteiger partial charge in [-0.25, -0.2) is 0 Å². The molecule has 3 heterocycles. The average Bonchev–Trinajstić information content (AvgIpc) is 2.99. The molecule has 9 heteroatoms. The van der Waals surface area contributed by atoms with Crippen molar-refractivity contribution in [3.05, 3.63) is 29.3 Å². The number of hydrogen-bond acceptors (Lipinski definition) is 7. The van der Waals surface area contributed by atoms with Gasteiger partial charge in [-0.2, -0.15) is 0 Å². The maximum Gasteiger partial charge on any atom is 0.262 e. The van der Waals surface area contributed by atoms with Crippen LogP contribution < -0.4 is 10.2 Å². The van der Waals surface area contributed by atoms with E-state index in [1.54, 1.807) is 12.1 Å². The summed E-state index contributed by atoms with van der Waals surface area (Å²) in [4.78, 5) is 65.2. The molecule has 158 valence electrons. The summed E-state index contributed by atoms with van der Waals surface area (Å²) >= 11 is 0. The number of carbonyl (C=O) groups excluding carboxylic acids is 5. The zero-order valence-corrected chi connectivity index (χ0v) is 16.6. The van der Waals surface area contributed by atoms with E-state index < -0.39 is 23.8 Å². The topological polar surface area (TPSA) is 107 Å². The Morgan fingerprint density at radius 3 is 2.43 bits per heavy atom. The minimum absolute atomic E-state index is 0.103. The molecule has 30 heavy (non-hydrogen) atoms. The summed E-state index contributed by atoms with van der Waals surface area (Å²) < 4.78 is 0. The Kier molecular flexibility index (Phi) is 5.63. The van der Waals surface area contributed by atoms with Crippen molar-refractivity contribution < 1.29 is 24.0 Å². The molecule has 0 aromatic heterocycles. The summed E-state index contributed by atoms with van der Waals surface area (Å²) in [6, 6.07) is 4.25. The average molecular weight is 412 g/mol. The van der Waals surface area contributed by atoms with Crippen molar-refractivity contribution in [2.75, 3.05) is 37.6 Å². The van der Waals surface area contributed by atoms with E-state index in [-0.39, 0.29) is 18.7 Å². The summed E-state index contributed by atoms with van der Waals surface area (Å²) in [6.07, 6.45) is 2.62. The molecule has 0 bridgehead atoms. The van der Waals surface area contributed by atoms with E-state index in [1.165, 1.54) is 0 Å². The van der Waals surface area contributed by atoms with Crippen molar-refractivity contribution in [3.8, 4) is 0 Å². The number of unbranched alkanes of at least 4 members (excludes halogenated alkanes) is 1. The number of nitrogens with one attached hydrogen (secondary N) is 1. The fourth-order valence-electron chi connectivity index (χ4n) is 4.28. The van der Waals surface area contributed by atoms with Gasteiger partial charge in [0, 0.05) is 44.7 Å². The van der Waals surface area contributed by atoms with Gasteiger partial charge >= 0.3 is 0 Å². The molecular formula is C21H24N4O5. The van der Waals surface area contributed by atoms with Crippen LogP contribution in [-0.2, 0) is 14.4 Å². The van der Waals surface area contributed by atoms with Crippen LogP contribution in [0.15, 0.2) is 18.2 Å². The van der Waals surface area contributed by atoms with Gasteiger partial charge in [0.05, 0.1) is 11.1 Å². The lowest BCUT2D eigenvalue weighted by Gasteiger charge is -2.36. The number of carbonyl (C=O) groups is 5. The maximum atomic E-state index is 13.0. The third-order valence-corrected chi connectivity index (χ3v) is 5.96. The normalized spacial score (nSPS) is 22.3. The molecule has 2 fully saturated rings. The molecule has 0 aliphatic carbocycles. The number of nitrogens with zero attached hydrogens (tertiary/aromatic N) is 3. The molecule has 0 saturated carbocycles. The fourth-order valence-corrected chi connectivity index (χ4v) is 4.28. The second-order valence-corrected chi connectivity index (χ2v) is 7.81. The van der Waals surface area contributed by atoms with Crippen LogP contribution in [0.4, 0.5) is 5.69 Å². The molecule has 0 radical (unpaired) electrons. The Hall–Kier alpha value is -3.07. The first-order valence-corrected chi connectivity index (χ1v) is 10.3. The number of amides is 4. The molecule has 0 spiro atoms. The molecule has 3 aliphatic rings. The van der Waals surface area contributed by atoms with Crippen LogP contribution in [0.5, 0.6) is 0 Å². The van der Waals surface area contributed by atoms with Crippen LogP contribution in [0.3, 0.4) is 0 Å². The molecule has 4 amide bonds. The van der Waals surface area contributed by atoms with Gasteiger partial charge < -0.3 is 9.69 Å². The molecular weight excluding hydrogens is 388 g/mol. The number of piperazine rings is 1. The van der Waals surface area contributed by atoms with Crippen LogP contribution in [0.2, 0.25) is 0 Å². The molecule has 1 aromatic carbocycles. The van der Waals surface area contributed by atoms with Gasteiger partial charge in [0.25, 0.3) is 11.8 Å². The van der Waals surface area contributed by atoms with Crippen molar-refractivity contribution in [2.45, 2.75) is 31.7 Å². The van der Waals surface area contributed by atoms with Crippen LogP contribution >= 0.6 is 0 Å². The molecule has 3 aliphatic heterocycles. The van der Waals surface area contributed by atoms with E-state index in [1.807, 2.05) is 6.07 Å². The lowest BCUT2D eigenvalue weighted by Crippen LogP contribution is -2.54. The van der Waals surface area contributed by atoms with Gasteiger partial charge in [0.1, 0.15) is 12.3 Å². The minimum atomic E-state index is -0.950. The number of fused-ring (bicyclic) bond motifs is 1. The van der Waals surface area contributed by atoms with E-state index in [4.69, 9.17) is 0 Å². The van der Waals surface area contributed by atoms with E-state index in [9.17, 15) is 24.0 Å². The highest BCUT2D eigenvalue weighted by Crippen LogP contribution is 2.31. The number of piperidine rings is 1. The second-order valence-electron chi connectivity index (χ2n) is 7.81. The highest BCUT2D eigenvalue weighted by Gasteiger charge is 2.44. The molecule has 2 saturated heterocycles. The Morgan fingerprint density at radius 1 is 1.00 bits per heavy atom. The molecule has 1 N–H and O–H groups in total. The monoisotopic (exact) mass is 412 g/mol. The number of aldehydes is 1. The Balaban J connectivity index is 1.46. The molecule has 1 unspecified atom stereocenters. The molecule has 1 atom stereocenters. The van der Waals surface area contributed by atoms with E-state index >= 15 is 0 Å². The first kappa shape index (κ1) is 20.2. The van der Waals surface area contributed by atoms with Crippen molar-refractivity contribution >= 4 is 35.6 Å². The molecule has 9 nitrogen and oxygen atoms in total. The Morgan fingerprint density at radius 2 is 1.73 bits per heavy atom. The quantitative estimate of drug-likeness (QED) is 0.404. The molecule has 4 rings (SSSR count). The lowest BCUT2D eigenvalue weighted by atomic mass is 10.0. The van der Waals surface area contributed by atoms with Crippen LogP contribution in [-0.4, -0.2) is 78.5 Å². The number of imide groups is 2. The minimum Gasteiger partial charge on any atom is -0.369 e. The lowest BCUT2D eigenvalue weighted by molar-refractivity contribution is -0.136. The van der Waals surface area contributed by atoms with Crippen molar-refractivity contribution in [1.82, 2.24) is 15.1 Å². The highest BCUT2D eigenvalue weighted by atomic mass is 16.2. The third-order valence-electron chi connectivity index (χ3n) is 5.96.